The van der Waals surface area contributed by atoms with E-state index in [-0.39, 0.29) is 17.2 Å². The van der Waals surface area contributed by atoms with E-state index in [1.165, 1.54) is 10.7 Å². The van der Waals surface area contributed by atoms with Crippen LogP contribution < -0.4 is 10.2 Å². The second-order valence-corrected chi connectivity index (χ2v) is 8.46. The molecule has 1 saturated carbocycles. The number of amides is 2. The number of aromatic nitrogens is 3. The summed E-state index contributed by atoms with van der Waals surface area (Å²) in [7, 11) is 0. The van der Waals surface area contributed by atoms with E-state index in [0.29, 0.717) is 37.3 Å². The van der Waals surface area contributed by atoms with Crippen molar-refractivity contribution in [3.8, 4) is 0 Å². The number of nitrogens with one attached hydrogen (secondary N) is 1. The normalized spacial score (nSPS) is 20.3. The van der Waals surface area contributed by atoms with Gasteiger partial charge in [0.25, 0.3) is 5.91 Å². The lowest BCUT2D eigenvalue weighted by molar-refractivity contribution is -0.158. The van der Waals surface area contributed by atoms with E-state index < -0.39 is 29.5 Å². The molecule has 1 atom stereocenters. The van der Waals surface area contributed by atoms with Crippen molar-refractivity contribution in [2.75, 3.05) is 11.4 Å². The zero-order valence-corrected chi connectivity index (χ0v) is 16.4. The van der Waals surface area contributed by atoms with Crippen LogP contribution in [0.4, 0.5) is 19.0 Å². The van der Waals surface area contributed by atoms with Crippen LogP contribution in [0.5, 0.6) is 0 Å². The second-order valence-electron chi connectivity index (χ2n) is 8.46. The molecule has 1 saturated heterocycles. The summed E-state index contributed by atoms with van der Waals surface area (Å²) in [6.45, 7) is 5.96. The summed E-state index contributed by atoms with van der Waals surface area (Å²) in [5.41, 5.74) is 0.109. The van der Waals surface area contributed by atoms with Gasteiger partial charge in [-0.2, -0.15) is 13.2 Å². The van der Waals surface area contributed by atoms with Crippen LogP contribution in [0, 0.1) is 18.3 Å². The Kier molecular flexibility index (Phi) is 4.36. The first kappa shape index (κ1) is 19.7. The zero-order valence-electron chi connectivity index (χ0n) is 16.4. The molecule has 7 nitrogen and oxygen atoms in total. The number of nitrogens with zero attached hydrogens (tertiary/aromatic N) is 4. The number of carbonyl (C=O) groups excluding carboxylic acids is 2. The van der Waals surface area contributed by atoms with Crippen molar-refractivity contribution in [3.63, 3.8) is 0 Å². The van der Waals surface area contributed by atoms with Gasteiger partial charge < -0.3 is 5.32 Å². The molecule has 3 heterocycles. The van der Waals surface area contributed by atoms with Crippen LogP contribution in [0.15, 0.2) is 12.4 Å². The molecular formula is C19H22F3N5O2. The van der Waals surface area contributed by atoms with E-state index in [2.05, 4.69) is 15.3 Å². The lowest BCUT2D eigenvalue weighted by Gasteiger charge is -2.21. The van der Waals surface area contributed by atoms with Crippen molar-refractivity contribution in [3.05, 3.63) is 23.8 Å². The number of carbonyl (C=O) groups is 2. The summed E-state index contributed by atoms with van der Waals surface area (Å²) in [5.74, 6) is -1.22. The van der Waals surface area contributed by atoms with Crippen molar-refractivity contribution < 1.29 is 22.8 Å². The molecule has 1 unspecified atom stereocenters. The Hall–Kier alpha value is -2.65. The molecule has 0 bridgehead atoms. The molecule has 29 heavy (non-hydrogen) atoms. The molecule has 2 fully saturated rings. The topological polar surface area (TPSA) is 79.6 Å². The predicted octanol–water partition coefficient (Wildman–Crippen LogP) is 2.87. The first-order valence-corrected chi connectivity index (χ1v) is 9.53. The standard InChI is InChI=1S/C19H22F3N5O2/c1-10-8-12(26-7-6-18(2,3)17(26)29)24-15-13(23-9-27(10)15)16(28)25-14(11-4-5-11)19(20,21)22/h8-9,11,14H,4-7H2,1-3H3,(H,25,28). The van der Waals surface area contributed by atoms with Gasteiger partial charge in [-0.3, -0.25) is 18.9 Å². The summed E-state index contributed by atoms with van der Waals surface area (Å²) in [6.07, 6.45) is -1.63. The number of aryl methyl sites for hydroxylation is 1. The number of fused-ring (bicyclic) bond motifs is 1. The Morgan fingerprint density at radius 1 is 1.34 bits per heavy atom. The molecule has 4 rings (SSSR count). The van der Waals surface area contributed by atoms with Gasteiger partial charge in [0.05, 0.1) is 0 Å². The molecule has 1 aliphatic heterocycles. The van der Waals surface area contributed by atoms with Crippen molar-refractivity contribution in [1.29, 1.82) is 0 Å². The van der Waals surface area contributed by atoms with Gasteiger partial charge in [-0.05, 0) is 32.1 Å². The average Bonchev–Trinajstić information content (AvgIpc) is 3.29. The Balaban J connectivity index is 1.68. The van der Waals surface area contributed by atoms with E-state index in [4.69, 9.17) is 0 Å². The fourth-order valence-electron chi connectivity index (χ4n) is 3.69. The van der Waals surface area contributed by atoms with Crippen LogP contribution >= 0.6 is 0 Å². The molecule has 2 amide bonds. The number of hydrogen-bond acceptors (Lipinski definition) is 4. The van der Waals surface area contributed by atoms with Crippen LogP contribution in [0.1, 0.15) is 49.3 Å². The largest absolute Gasteiger partial charge is 0.408 e. The summed E-state index contributed by atoms with van der Waals surface area (Å²) in [4.78, 5) is 35.2. The SMILES string of the molecule is Cc1cc(N2CCC(C)(C)C2=O)nc2c(C(=O)NC(C3CC3)C(F)(F)F)ncn12. The molecule has 10 heteroatoms. The van der Waals surface area contributed by atoms with E-state index in [1.54, 1.807) is 17.9 Å². The van der Waals surface area contributed by atoms with Crippen LogP contribution in [0.3, 0.4) is 0 Å². The molecule has 2 aromatic heterocycles. The smallest absolute Gasteiger partial charge is 0.339 e. The van der Waals surface area contributed by atoms with Gasteiger partial charge in [-0.1, -0.05) is 13.8 Å². The third kappa shape index (κ3) is 3.44. The minimum absolute atomic E-state index is 0.0786. The third-order valence-corrected chi connectivity index (χ3v) is 5.69. The second kappa shape index (κ2) is 6.43. The van der Waals surface area contributed by atoms with Gasteiger partial charge in [0.1, 0.15) is 18.2 Å². The number of halogens is 3. The maximum absolute atomic E-state index is 13.3. The fourth-order valence-corrected chi connectivity index (χ4v) is 3.69. The fraction of sp³-hybridized carbons (Fsp3) is 0.579. The summed E-state index contributed by atoms with van der Waals surface area (Å²) < 4.78 is 41.4. The number of anilines is 1. The highest BCUT2D eigenvalue weighted by atomic mass is 19.4. The lowest BCUT2D eigenvalue weighted by atomic mass is 9.92. The molecule has 2 aromatic rings. The number of rotatable bonds is 4. The van der Waals surface area contributed by atoms with Gasteiger partial charge in [-0.25, -0.2) is 9.97 Å². The third-order valence-electron chi connectivity index (χ3n) is 5.69. The van der Waals surface area contributed by atoms with Gasteiger partial charge in [0.2, 0.25) is 5.91 Å². The Labute approximate surface area is 165 Å². The van der Waals surface area contributed by atoms with Gasteiger partial charge in [0.15, 0.2) is 11.3 Å². The van der Waals surface area contributed by atoms with E-state index in [9.17, 15) is 22.8 Å². The molecule has 0 radical (unpaired) electrons. The zero-order chi connectivity index (χ0) is 21.1. The lowest BCUT2D eigenvalue weighted by Crippen LogP contribution is -2.47. The van der Waals surface area contributed by atoms with E-state index in [1.807, 2.05) is 13.8 Å². The summed E-state index contributed by atoms with van der Waals surface area (Å²) in [6, 6.07) is -0.185. The minimum atomic E-state index is -4.52. The van der Waals surface area contributed by atoms with E-state index in [0.717, 1.165) is 0 Å². The Morgan fingerprint density at radius 2 is 2.03 bits per heavy atom. The average molecular weight is 409 g/mol. The van der Waals surface area contributed by atoms with Gasteiger partial charge >= 0.3 is 6.18 Å². The molecule has 0 spiro atoms. The highest BCUT2D eigenvalue weighted by Gasteiger charge is 2.50. The highest BCUT2D eigenvalue weighted by molar-refractivity contribution is 6.00. The summed E-state index contributed by atoms with van der Waals surface area (Å²) >= 11 is 0. The van der Waals surface area contributed by atoms with Crippen LogP contribution in [0.2, 0.25) is 0 Å². The van der Waals surface area contributed by atoms with Crippen molar-refractivity contribution in [2.24, 2.45) is 11.3 Å². The summed E-state index contributed by atoms with van der Waals surface area (Å²) in [5, 5.41) is 2.08. The molecule has 2 aliphatic rings. The minimum Gasteiger partial charge on any atom is -0.339 e. The van der Waals surface area contributed by atoms with Crippen LogP contribution in [0.25, 0.3) is 5.65 Å². The van der Waals surface area contributed by atoms with Crippen LogP contribution in [-0.4, -0.2) is 44.9 Å². The molecule has 1 aliphatic carbocycles. The van der Waals surface area contributed by atoms with Gasteiger partial charge in [0, 0.05) is 23.7 Å². The first-order valence-electron chi connectivity index (χ1n) is 9.53. The maximum atomic E-state index is 13.3. The monoisotopic (exact) mass is 409 g/mol. The Bertz CT molecular complexity index is 994. The number of alkyl halides is 3. The van der Waals surface area contributed by atoms with Crippen molar-refractivity contribution >= 4 is 23.3 Å². The highest BCUT2D eigenvalue weighted by Crippen LogP contribution is 2.40. The molecule has 156 valence electrons. The number of hydrogen-bond donors (Lipinski definition) is 1. The molecule has 0 aromatic carbocycles. The Morgan fingerprint density at radius 3 is 2.59 bits per heavy atom. The quantitative estimate of drug-likeness (QED) is 0.842. The van der Waals surface area contributed by atoms with Gasteiger partial charge in [-0.15, -0.1) is 0 Å². The van der Waals surface area contributed by atoms with Crippen molar-refractivity contribution in [2.45, 2.75) is 52.3 Å². The van der Waals surface area contributed by atoms with Crippen molar-refractivity contribution in [1.82, 2.24) is 19.7 Å². The maximum Gasteiger partial charge on any atom is 0.408 e. The van der Waals surface area contributed by atoms with E-state index >= 15 is 0 Å². The first-order chi connectivity index (χ1) is 13.5. The molecular weight excluding hydrogens is 387 g/mol. The molecule has 1 N–H and O–H groups in total. The number of imidazole rings is 1. The van der Waals surface area contributed by atoms with Crippen LogP contribution in [-0.2, 0) is 4.79 Å². The predicted molar refractivity (Wildman–Crippen MR) is 98.5 cm³/mol.